The Balaban J connectivity index is 2.06. The molecule has 1 aromatic rings. The summed E-state index contributed by atoms with van der Waals surface area (Å²) in [6.45, 7) is 13.5. The van der Waals surface area contributed by atoms with Crippen LogP contribution in [0.5, 0.6) is 0 Å². The van der Waals surface area contributed by atoms with Gasteiger partial charge in [-0.05, 0) is 22.2 Å². The molecule has 0 aliphatic carbocycles. The maximum absolute atomic E-state index is 13.1. The predicted molar refractivity (Wildman–Crippen MR) is 135 cm³/mol. The third-order valence-electron chi connectivity index (χ3n) is 6.89. The highest BCUT2D eigenvalue weighted by Gasteiger charge is 2.46. The van der Waals surface area contributed by atoms with Crippen LogP contribution in [0.4, 0.5) is 0 Å². The molecule has 190 valence electrons. The molecule has 0 amide bonds. The van der Waals surface area contributed by atoms with Gasteiger partial charge in [0.1, 0.15) is 18.2 Å². The lowest BCUT2D eigenvalue weighted by molar-refractivity contribution is -0.173. The molecular formula is C27H42O6Si. The Morgan fingerprint density at radius 3 is 2.09 bits per heavy atom. The molecule has 1 aliphatic rings. The van der Waals surface area contributed by atoms with Gasteiger partial charge in [-0.3, -0.25) is 9.59 Å². The normalized spacial score (nSPS) is 18.0. The van der Waals surface area contributed by atoms with E-state index < -0.39 is 14.4 Å². The molecule has 0 saturated carbocycles. The van der Waals surface area contributed by atoms with Gasteiger partial charge in [-0.1, -0.05) is 71.9 Å². The number of hydrogen-bond acceptors (Lipinski definition) is 6. The van der Waals surface area contributed by atoms with Gasteiger partial charge in [0.2, 0.25) is 8.32 Å². The fraction of sp³-hybridized carbons (Fsp3) is 0.667. The molecule has 0 radical (unpaired) electrons. The Bertz CT molecular complexity index is 762. The zero-order valence-corrected chi connectivity index (χ0v) is 22.6. The maximum Gasteiger partial charge on any atom is 0.309 e. The Labute approximate surface area is 205 Å². The first-order chi connectivity index (χ1) is 16.1. The monoisotopic (exact) mass is 490 g/mol. The van der Waals surface area contributed by atoms with Crippen molar-refractivity contribution >= 4 is 26.4 Å². The molecule has 0 bridgehead atoms. The molecule has 1 saturated heterocycles. The smallest absolute Gasteiger partial charge is 0.309 e. The number of Topliss-reactive ketones (excluding diaryl/α,β-unsaturated/α-hetero) is 1. The lowest BCUT2D eigenvalue weighted by Gasteiger charge is -2.44. The summed E-state index contributed by atoms with van der Waals surface area (Å²) in [6, 6.07) is 9.79. The summed E-state index contributed by atoms with van der Waals surface area (Å²) in [5.41, 5.74) is 2.13. The number of ether oxygens (including phenoxy) is 2. The molecule has 2 rings (SSSR count). The van der Waals surface area contributed by atoms with E-state index >= 15 is 0 Å². The van der Waals surface area contributed by atoms with Crippen molar-refractivity contribution in [1.82, 2.24) is 0 Å². The summed E-state index contributed by atoms with van der Waals surface area (Å²) < 4.78 is 18.0. The van der Waals surface area contributed by atoms with Crippen LogP contribution >= 0.6 is 0 Å². The minimum absolute atomic E-state index is 0.00901. The van der Waals surface area contributed by atoms with E-state index in [4.69, 9.17) is 13.9 Å². The van der Waals surface area contributed by atoms with Crippen LogP contribution in [0, 0.1) is 0 Å². The number of esters is 1. The number of hydrogen-bond donors (Lipinski definition) is 0. The molecule has 0 unspecified atom stereocenters. The Kier molecular flexibility index (Phi) is 11.1. The average molecular weight is 491 g/mol. The summed E-state index contributed by atoms with van der Waals surface area (Å²) in [6.07, 6.45) is 1.34. The third-order valence-corrected chi connectivity index (χ3v) is 13.1. The van der Waals surface area contributed by atoms with Gasteiger partial charge in [-0.2, -0.15) is 0 Å². The maximum atomic E-state index is 13.1. The van der Waals surface area contributed by atoms with Crippen LogP contribution in [0.2, 0.25) is 16.6 Å². The van der Waals surface area contributed by atoms with E-state index in [0.29, 0.717) is 36.1 Å². The molecular weight excluding hydrogens is 448 g/mol. The molecule has 0 N–H and O–H groups in total. The summed E-state index contributed by atoms with van der Waals surface area (Å²) >= 11 is 0. The Morgan fingerprint density at radius 1 is 1.03 bits per heavy atom. The number of benzene rings is 1. The fourth-order valence-corrected chi connectivity index (χ4v) is 10.9. The zero-order valence-electron chi connectivity index (χ0n) is 21.6. The fourth-order valence-electron chi connectivity index (χ4n) is 5.35. The number of carbonyl (C=O) groups is 3. The van der Waals surface area contributed by atoms with E-state index in [-0.39, 0.29) is 43.2 Å². The summed E-state index contributed by atoms with van der Waals surface area (Å²) in [5, 5.41) is 0. The second kappa shape index (κ2) is 13.3. The van der Waals surface area contributed by atoms with Crippen molar-refractivity contribution in [2.75, 3.05) is 0 Å². The van der Waals surface area contributed by atoms with Crippen molar-refractivity contribution in [3.8, 4) is 0 Å². The van der Waals surface area contributed by atoms with Crippen LogP contribution in [0.15, 0.2) is 30.3 Å². The zero-order chi connectivity index (χ0) is 25.3. The molecule has 3 atom stereocenters. The highest BCUT2D eigenvalue weighted by Crippen LogP contribution is 2.43. The van der Waals surface area contributed by atoms with Gasteiger partial charge in [0, 0.05) is 25.7 Å². The molecule has 6 nitrogen and oxygen atoms in total. The predicted octanol–water partition coefficient (Wildman–Crippen LogP) is 5.78. The van der Waals surface area contributed by atoms with Crippen LogP contribution in [0.1, 0.15) is 79.2 Å². The van der Waals surface area contributed by atoms with E-state index in [9.17, 15) is 14.4 Å². The van der Waals surface area contributed by atoms with Gasteiger partial charge in [0.25, 0.3) is 0 Å². The molecule has 0 spiro atoms. The van der Waals surface area contributed by atoms with Crippen LogP contribution in [-0.4, -0.2) is 44.7 Å². The van der Waals surface area contributed by atoms with Crippen LogP contribution < -0.4 is 0 Å². The van der Waals surface area contributed by atoms with Gasteiger partial charge in [-0.25, -0.2) is 0 Å². The number of cyclic esters (lactones) is 1. The molecule has 1 aromatic carbocycles. The van der Waals surface area contributed by atoms with E-state index in [1.54, 1.807) is 0 Å². The molecule has 7 heteroatoms. The van der Waals surface area contributed by atoms with Crippen molar-refractivity contribution in [2.45, 2.75) is 115 Å². The van der Waals surface area contributed by atoms with Crippen LogP contribution in [0.3, 0.4) is 0 Å². The number of ketones is 1. The first-order valence-electron chi connectivity index (χ1n) is 12.6. The SMILES string of the molecule is CC(C)[Si](O[C@@H](CC=O)CC(=O)C[C@H](C[C@H]1CC(=O)O1)OCc1ccccc1)(C(C)C)C(C)C. The standard InChI is InChI=1S/C27H42O6Si/c1-19(2)34(20(3)4,21(5)6)33-24(12-13-28)14-23(29)15-25(16-26-17-27(30)32-26)31-18-22-10-8-7-9-11-22/h7-11,13,19-21,24-26H,12,14-18H2,1-6H3/t24-,25+,26-/m0/s1. The number of rotatable bonds is 16. The van der Waals surface area contributed by atoms with Gasteiger partial charge in [0.15, 0.2) is 0 Å². The van der Waals surface area contributed by atoms with Gasteiger partial charge >= 0.3 is 5.97 Å². The van der Waals surface area contributed by atoms with Crippen molar-refractivity contribution in [2.24, 2.45) is 0 Å². The largest absolute Gasteiger partial charge is 0.462 e. The van der Waals surface area contributed by atoms with E-state index in [1.165, 1.54) is 0 Å². The van der Waals surface area contributed by atoms with E-state index in [2.05, 4.69) is 41.5 Å². The average Bonchev–Trinajstić information content (AvgIpc) is 2.74. The summed E-state index contributed by atoms with van der Waals surface area (Å²) in [5.74, 6) is -0.204. The summed E-state index contributed by atoms with van der Waals surface area (Å²) in [7, 11) is -2.22. The third kappa shape index (κ3) is 7.85. The molecule has 0 aromatic heterocycles. The van der Waals surface area contributed by atoms with Crippen molar-refractivity contribution in [1.29, 1.82) is 0 Å². The number of aldehydes is 1. The second-order valence-corrected chi connectivity index (χ2v) is 15.8. The highest BCUT2D eigenvalue weighted by molar-refractivity contribution is 6.77. The lowest BCUT2D eigenvalue weighted by atomic mass is 9.98. The van der Waals surface area contributed by atoms with Crippen molar-refractivity contribution in [3.63, 3.8) is 0 Å². The minimum atomic E-state index is -2.22. The topological polar surface area (TPSA) is 78.9 Å². The lowest BCUT2D eigenvalue weighted by Crippen LogP contribution is -2.50. The van der Waals surface area contributed by atoms with Crippen LogP contribution in [-0.2, 0) is 34.9 Å². The molecule has 34 heavy (non-hydrogen) atoms. The minimum Gasteiger partial charge on any atom is -0.462 e. The first kappa shape index (κ1) is 28.4. The summed E-state index contributed by atoms with van der Waals surface area (Å²) in [4.78, 5) is 35.8. The first-order valence-corrected chi connectivity index (χ1v) is 14.7. The second-order valence-electron chi connectivity index (χ2n) is 10.4. The number of carbonyl (C=O) groups excluding carboxylic acids is 3. The molecule has 1 aliphatic heterocycles. The van der Waals surface area contributed by atoms with E-state index in [1.807, 2.05) is 30.3 Å². The molecule has 1 heterocycles. The van der Waals surface area contributed by atoms with Crippen molar-refractivity contribution in [3.05, 3.63) is 35.9 Å². The highest BCUT2D eigenvalue weighted by atomic mass is 28.4. The molecule has 1 fully saturated rings. The van der Waals surface area contributed by atoms with Gasteiger partial charge in [-0.15, -0.1) is 0 Å². The van der Waals surface area contributed by atoms with Crippen LogP contribution in [0.25, 0.3) is 0 Å². The van der Waals surface area contributed by atoms with Crippen molar-refractivity contribution < 1.29 is 28.3 Å². The Morgan fingerprint density at radius 2 is 1.59 bits per heavy atom. The Hall–Kier alpha value is -1.83. The van der Waals surface area contributed by atoms with Gasteiger partial charge in [0.05, 0.1) is 25.2 Å². The van der Waals surface area contributed by atoms with E-state index in [0.717, 1.165) is 11.8 Å². The quantitative estimate of drug-likeness (QED) is 0.166. The van der Waals surface area contributed by atoms with Gasteiger partial charge < -0.3 is 18.7 Å².